The van der Waals surface area contributed by atoms with E-state index < -0.39 is 0 Å². The van der Waals surface area contributed by atoms with Gasteiger partial charge in [0.05, 0.1) is 0 Å². The Morgan fingerprint density at radius 1 is 0.556 bits per heavy atom. The van der Waals surface area contributed by atoms with Crippen LogP contribution in [-0.2, 0) is 9.47 Å². The normalized spacial score (nSPS) is 13.9. The molecule has 2 fully saturated rings. The van der Waals surface area contributed by atoms with Crippen molar-refractivity contribution in [2.24, 2.45) is 9.98 Å². The van der Waals surface area contributed by atoms with E-state index in [0.717, 1.165) is 37.6 Å². The summed E-state index contributed by atoms with van der Waals surface area (Å²) < 4.78 is 9.89. The summed E-state index contributed by atoms with van der Waals surface area (Å²) in [5.41, 5.74) is 1.98. The van der Waals surface area contributed by atoms with Crippen LogP contribution in [0.2, 0.25) is 0 Å². The predicted octanol–water partition coefficient (Wildman–Crippen LogP) is 8.47. The maximum Gasteiger partial charge on any atom is 2.00 e. The van der Waals surface area contributed by atoms with Gasteiger partial charge in [0.25, 0.3) is 0 Å². The van der Waals surface area contributed by atoms with Gasteiger partial charge < -0.3 is 30.1 Å². The summed E-state index contributed by atoms with van der Waals surface area (Å²) in [4.78, 5) is 8.82. The van der Waals surface area contributed by atoms with Crippen LogP contribution in [0.5, 0.6) is 0 Å². The number of benzene rings is 2. The first-order chi connectivity index (χ1) is 21.2. The van der Waals surface area contributed by atoms with Crippen molar-refractivity contribution in [3.8, 4) is 23.7 Å². The second-order valence-corrected chi connectivity index (χ2v) is 11.4. The first-order valence-electron chi connectivity index (χ1n) is 16.0. The zero-order chi connectivity index (χ0) is 32.4. The molecule has 2 saturated heterocycles. The third-order valence-corrected chi connectivity index (χ3v) is 5.36. The molecule has 0 amide bonds. The third-order valence-electron chi connectivity index (χ3n) is 5.36. The topological polar surface area (TPSA) is 71.4 Å². The van der Waals surface area contributed by atoms with Gasteiger partial charge in [-0.1, -0.05) is 115 Å². The zero-order valence-electron chi connectivity index (χ0n) is 29.1. The van der Waals surface area contributed by atoms with Crippen LogP contribution >= 0.6 is 0 Å². The van der Waals surface area contributed by atoms with Crippen molar-refractivity contribution in [3.05, 3.63) is 82.4 Å². The average Bonchev–Trinajstić information content (AvgIpc) is 3.75. The van der Waals surface area contributed by atoms with Crippen LogP contribution in [-0.4, -0.2) is 85.3 Å². The summed E-state index contributed by atoms with van der Waals surface area (Å²) in [6.45, 7) is 20.2. The minimum atomic E-state index is 0. The maximum atomic E-state index is 4.94. The largest absolute Gasteiger partial charge is 2.00 e. The minimum Gasteiger partial charge on any atom is -0.456 e. The molecule has 2 heterocycles. The molecule has 240 valence electrons. The molecule has 2 aliphatic heterocycles. The van der Waals surface area contributed by atoms with Gasteiger partial charge in [-0.25, -0.2) is 0 Å². The van der Waals surface area contributed by atoms with Crippen molar-refractivity contribution in [2.45, 2.75) is 105 Å². The fourth-order valence-corrected chi connectivity index (χ4v) is 3.49. The Morgan fingerprint density at radius 2 is 0.867 bits per heavy atom. The molecule has 6 nitrogen and oxygen atoms in total. The van der Waals surface area contributed by atoms with E-state index in [1.165, 1.54) is 25.7 Å². The number of nitrogens with zero attached hydrogens (tertiary/aromatic N) is 4. The van der Waals surface area contributed by atoms with Crippen LogP contribution in [0.4, 0.5) is 0 Å². The van der Waals surface area contributed by atoms with Gasteiger partial charge in [0.15, 0.2) is 0 Å². The Hall–Kier alpha value is -2.81. The SMILES string of the molecule is C1CCOC1.C1CCOC1.CC(C)N=C(C#Cc1ccccc1)[N-]C(C)C.CC(C)N=C(C#Cc1ccccc1)[N-]C(C)C.[Mg+2]. The van der Waals surface area contributed by atoms with E-state index >= 15 is 0 Å². The Labute approximate surface area is 290 Å². The number of rotatable bonds is 4. The molecule has 0 aromatic heterocycles. The van der Waals surface area contributed by atoms with Gasteiger partial charge in [-0.05, 0) is 85.8 Å². The molecule has 0 N–H and O–H groups in total. The summed E-state index contributed by atoms with van der Waals surface area (Å²) >= 11 is 0. The number of hydrogen-bond donors (Lipinski definition) is 0. The van der Waals surface area contributed by atoms with Crippen LogP contribution in [0.15, 0.2) is 70.6 Å². The molecule has 2 aromatic rings. The molecule has 0 radical (unpaired) electrons. The van der Waals surface area contributed by atoms with Gasteiger partial charge >= 0.3 is 23.1 Å². The molecule has 0 spiro atoms. The van der Waals surface area contributed by atoms with E-state index in [4.69, 9.17) is 9.47 Å². The Bertz CT molecular complexity index is 1070. The first-order valence-corrected chi connectivity index (χ1v) is 16.0. The fraction of sp³-hybridized carbons (Fsp3) is 0.526. The van der Waals surface area contributed by atoms with Gasteiger partial charge in [-0.2, -0.15) is 0 Å². The summed E-state index contributed by atoms with van der Waals surface area (Å²) in [5, 5.41) is 8.82. The molecule has 45 heavy (non-hydrogen) atoms. The van der Waals surface area contributed by atoms with Crippen molar-refractivity contribution >= 4 is 34.7 Å². The summed E-state index contributed by atoms with van der Waals surface area (Å²) in [6.07, 6.45) is 5.11. The van der Waals surface area contributed by atoms with Gasteiger partial charge in [0.1, 0.15) is 0 Å². The van der Waals surface area contributed by atoms with E-state index in [-0.39, 0.29) is 47.2 Å². The second kappa shape index (κ2) is 27.5. The molecule has 7 heteroatoms. The van der Waals surface area contributed by atoms with Gasteiger partial charge in [-0.3, -0.25) is 0 Å². The molecule has 0 bridgehead atoms. The van der Waals surface area contributed by atoms with E-state index in [1.807, 2.05) is 116 Å². The minimum absolute atomic E-state index is 0. The van der Waals surface area contributed by atoms with E-state index in [2.05, 4.69) is 44.3 Å². The molecule has 0 aliphatic carbocycles. The van der Waals surface area contributed by atoms with Crippen molar-refractivity contribution in [1.82, 2.24) is 0 Å². The quantitative estimate of drug-likeness (QED) is 0.148. The number of aliphatic imine (C=N–C) groups is 2. The van der Waals surface area contributed by atoms with Crippen molar-refractivity contribution in [2.75, 3.05) is 26.4 Å². The fourth-order valence-electron chi connectivity index (χ4n) is 3.49. The average molecular weight is 623 g/mol. The van der Waals surface area contributed by atoms with Gasteiger partial charge in [0.2, 0.25) is 0 Å². The van der Waals surface area contributed by atoms with Crippen LogP contribution in [0.25, 0.3) is 10.6 Å². The van der Waals surface area contributed by atoms with Gasteiger partial charge in [-0.15, -0.1) is 0 Å². The maximum absolute atomic E-state index is 4.94. The Morgan fingerprint density at radius 3 is 1.09 bits per heavy atom. The molecule has 0 saturated carbocycles. The second-order valence-electron chi connectivity index (χ2n) is 11.4. The summed E-state index contributed by atoms with van der Waals surface area (Å²) in [6, 6.07) is 20.7. The van der Waals surface area contributed by atoms with Crippen molar-refractivity contribution in [3.63, 3.8) is 0 Å². The van der Waals surface area contributed by atoms with Crippen LogP contribution < -0.4 is 0 Å². The number of amidine groups is 2. The smallest absolute Gasteiger partial charge is 0.456 e. The standard InChI is InChI=1S/2C15H19N2.2C4H8O.Mg/c2*1-12(2)16-15(17-13(3)4)11-10-14-8-6-5-7-9-14;2*1-2-4-5-3-1;/h2*5-9,12-13H,1-4H3;2*1-4H2;/q2*-1;;;+2. The van der Waals surface area contributed by atoms with Crippen molar-refractivity contribution < 1.29 is 9.47 Å². The van der Waals surface area contributed by atoms with Crippen LogP contribution in [0.3, 0.4) is 0 Å². The third kappa shape index (κ3) is 26.1. The van der Waals surface area contributed by atoms with E-state index in [9.17, 15) is 0 Å². The number of ether oxygens (including phenoxy) is 2. The van der Waals surface area contributed by atoms with Crippen LogP contribution in [0, 0.1) is 23.7 Å². The molecule has 0 unspecified atom stereocenters. The van der Waals surface area contributed by atoms with E-state index in [1.54, 1.807) is 0 Å². The molecule has 2 aliphatic rings. The number of hydrogen-bond acceptors (Lipinski definition) is 4. The molecule has 4 rings (SSSR count). The van der Waals surface area contributed by atoms with E-state index in [0.29, 0.717) is 11.7 Å². The molecular formula is C38H54MgN4O2. The Kier molecular flexibility index (Phi) is 25.8. The summed E-state index contributed by atoms with van der Waals surface area (Å²) in [5.74, 6) is 13.5. The van der Waals surface area contributed by atoms with Crippen molar-refractivity contribution in [1.29, 1.82) is 0 Å². The van der Waals surface area contributed by atoms with Crippen LogP contribution in [0.1, 0.15) is 92.2 Å². The first kappa shape index (κ1) is 42.2. The monoisotopic (exact) mass is 622 g/mol. The zero-order valence-corrected chi connectivity index (χ0v) is 30.5. The molecule has 2 aromatic carbocycles. The molecule has 0 atom stereocenters. The Balaban J connectivity index is 0.000000644. The van der Waals surface area contributed by atoms with Gasteiger partial charge in [0, 0.05) is 37.6 Å². The summed E-state index contributed by atoms with van der Waals surface area (Å²) in [7, 11) is 0. The molecular weight excluding hydrogens is 569 g/mol. The predicted molar refractivity (Wildman–Crippen MR) is 195 cm³/mol.